The number of aliphatic carboxylic acids is 1. The largest absolute Gasteiger partial charge is 0.478 e. The van der Waals surface area contributed by atoms with Gasteiger partial charge in [-0.05, 0) is 5.92 Å². The van der Waals surface area contributed by atoms with Crippen molar-refractivity contribution in [2.45, 2.75) is 56.2 Å². The van der Waals surface area contributed by atoms with Gasteiger partial charge in [-0.1, -0.05) is 13.8 Å². The van der Waals surface area contributed by atoms with Crippen LogP contribution in [0.4, 0.5) is 57.1 Å². The van der Waals surface area contributed by atoms with E-state index in [1.807, 2.05) is 0 Å². The van der Waals surface area contributed by atoms with Crippen LogP contribution in [0.3, 0.4) is 0 Å². The summed E-state index contributed by atoms with van der Waals surface area (Å²) in [6.45, 7) is 0.865. The van der Waals surface area contributed by atoms with Crippen molar-refractivity contribution in [3.63, 3.8) is 0 Å². The summed E-state index contributed by atoms with van der Waals surface area (Å²) in [5.41, 5.74) is 0. The van der Waals surface area contributed by atoms with Gasteiger partial charge in [0.1, 0.15) is 0 Å². The van der Waals surface area contributed by atoms with E-state index in [0.717, 1.165) is 0 Å². The first-order valence-corrected chi connectivity index (χ1v) is 7.95. The van der Waals surface area contributed by atoms with Crippen LogP contribution in [0.25, 0.3) is 0 Å². The van der Waals surface area contributed by atoms with Crippen LogP contribution < -0.4 is 0 Å². The fourth-order valence-electron chi connectivity index (χ4n) is 2.22. The van der Waals surface area contributed by atoms with Crippen molar-refractivity contribution in [3.05, 3.63) is 12.2 Å². The summed E-state index contributed by atoms with van der Waals surface area (Å²) >= 11 is 0. The van der Waals surface area contributed by atoms with Gasteiger partial charge in [0.25, 0.3) is 0 Å². The van der Waals surface area contributed by atoms with Gasteiger partial charge in [0.05, 0.1) is 6.42 Å². The number of carbonyl (C=O) groups is 2. The summed E-state index contributed by atoms with van der Waals surface area (Å²) in [6, 6.07) is 0. The Morgan fingerprint density at radius 3 is 1.56 bits per heavy atom. The first-order chi connectivity index (χ1) is 13.8. The molecule has 0 bridgehead atoms. The van der Waals surface area contributed by atoms with Gasteiger partial charge in [0.15, 0.2) is 0 Å². The first-order valence-electron chi connectivity index (χ1n) is 7.95. The van der Waals surface area contributed by atoms with E-state index >= 15 is 0 Å². The predicted octanol–water partition coefficient (Wildman–Crippen LogP) is 5.53. The second-order valence-corrected chi connectivity index (χ2v) is 6.63. The molecule has 0 radical (unpaired) electrons. The molecule has 4 nitrogen and oxygen atoms in total. The van der Waals surface area contributed by atoms with Gasteiger partial charge in [0, 0.05) is 18.1 Å². The highest BCUT2D eigenvalue weighted by molar-refractivity contribution is 5.90. The maximum atomic E-state index is 14.0. The molecule has 1 atom stereocenters. The van der Waals surface area contributed by atoms with Gasteiger partial charge < -0.3 is 9.84 Å². The third kappa shape index (κ3) is 5.76. The van der Waals surface area contributed by atoms with Crippen LogP contribution in [-0.4, -0.2) is 53.0 Å². The molecule has 0 aliphatic carbocycles. The maximum absolute atomic E-state index is 14.0. The molecule has 0 aliphatic heterocycles. The lowest BCUT2D eigenvalue weighted by Gasteiger charge is -2.42. The minimum Gasteiger partial charge on any atom is -0.478 e. The molecule has 1 unspecified atom stereocenters. The lowest BCUT2D eigenvalue weighted by Crippen LogP contribution is -2.69. The van der Waals surface area contributed by atoms with Crippen molar-refractivity contribution in [2.24, 2.45) is 11.8 Å². The second-order valence-electron chi connectivity index (χ2n) is 6.63. The third-order valence-corrected chi connectivity index (χ3v) is 3.89. The second kappa shape index (κ2) is 8.96. The van der Waals surface area contributed by atoms with Crippen LogP contribution in [0.5, 0.6) is 0 Å². The normalized spacial score (nSPS) is 15.9. The van der Waals surface area contributed by atoms with Crippen molar-refractivity contribution in [3.8, 4) is 0 Å². The fraction of sp³-hybridized carbons (Fsp3) is 0.733. The summed E-state index contributed by atoms with van der Waals surface area (Å²) in [7, 11) is 0. The molecule has 0 aromatic rings. The van der Waals surface area contributed by atoms with Crippen LogP contribution in [-0.2, 0) is 14.3 Å². The van der Waals surface area contributed by atoms with Crippen LogP contribution in [0, 0.1) is 11.8 Å². The molecule has 0 aliphatic rings. The third-order valence-electron chi connectivity index (χ3n) is 3.89. The lowest BCUT2D eigenvalue weighted by atomic mass is 9.80. The number of hydrogen-bond donors (Lipinski definition) is 1. The number of esters is 1. The fourth-order valence-corrected chi connectivity index (χ4v) is 2.22. The van der Waals surface area contributed by atoms with Gasteiger partial charge >= 0.3 is 47.9 Å². The molecule has 188 valence electrons. The molecule has 1 N–H and O–H groups in total. The minimum atomic E-state index is -7.78. The number of alkyl halides is 13. The van der Waals surface area contributed by atoms with Gasteiger partial charge in [0.2, 0.25) is 0 Å². The first kappa shape index (κ1) is 29.8. The molecule has 0 spiro atoms. The van der Waals surface area contributed by atoms with Crippen LogP contribution in [0.2, 0.25) is 0 Å². The molecule has 0 amide bonds. The quantitative estimate of drug-likeness (QED) is 0.242. The Morgan fingerprint density at radius 1 is 0.781 bits per heavy atom. The molecular weight excluding hydrogens is 491 g/mol. The maximum Gasteiger partial charge on any atom is 0.473 e. The molecule has 32 heavy (non-hydrogen) atoms. The van der Waals surface area contributed by atoms with E-state index < -0.39 is 72.2 Å². The van der Waals surface area contributed by atoms with E-state index in [2.05, 4.69) is 4.74 Å². The number of carbonyl (C=O) groups excluding carboxylic acids is 1. The zero-order valence-corrected chi connectivity index (χ0v) is 15.6. The zero-order chi connectivity index (χ0) is 26.1. The van der Waals surface area contributed by atoms with Crippen molar-refractivity contribution >= 4 is 11.9 Å². The van der Waals surface area contributed by atoms with E-state index in [9.17, 15) is 66.7 Å². The number of rotatable bonds is 10. The number of ether oxygens (including phenoxy) is 1. The number of carboxylic acid groups (broad SMARTS) is 1. The molecule has 0 heterocycles. The number of halogens is 13. The Bertz CT molecular complexity index is 725. The van der Waals surface area contributed by atoms with Gasteiger partial charge in [-0.2, -0.15) is 57.1 Å². The average Bonchev–Trinajstić information content (AvgIpc) is 2.55. The van der Waals surface area contributed by atoms with Crippen LogP contribution in [0.15, 0.2) is 12.2 Å². The topological polar surface area (TPSA) is 63.6 Å². The molecule has 0 aromatic carbocycles. The van der Waals surface area contributed by atoms with Crippen molar-refractivity contribution in [2.75, 3.05) is 0 Å². The van der Waals surface area contributed by atoms with E-state index in [1.54, 1.807) is 0 Å². The van der Waals surface area contributed by atoms with Crippen molar-refractivity contribution in [1.82, 2.24) is 0 Å². The summed E-state index contributed by atoms with van der Waals surface area (Å²) in [6.07, 6.45) is -16.3. The van der Waals surface area contributed by atoms with E-state index in [1.165, 1.54) is 0 Å². The molecular formula is C15H13F13O4. The van der Waals surface area contributed by atoms with Crippen molar-refractivity contribution < 1.29 is 76.5 Å². The standard InChI is InChI=1S/C15H13F13O4/c1-6(2)7(5-10(16,17)18)11(19,20)12(21,22)13(23,24)14(25,26)15(27,28)32-9(31)4-3-8(29)30/h3-4,6-7H,5H2,1-2H3,(H,29,30). The lowest BCUT2D eigenvalue weighted by molar-refractivity contribution is -0.442. The summed E-state index contributed by atoms with van der Waals surface area (Å²) in [5, 5.41) is 8.11. The predicted molar refractivity (Wildman–Crippen MR) is 76.6 cm³/mol. The molecule has 0 aromatic heterocycles. The smallest absolute Gasteiger partial charge is 0.473 e. The highest BCUT2D eigenvalue weighted by Crippen LogP contribution is 2.60. The molecule has 0 saturated carbocycles. The van der Waals surface area contributed by atoms with Gasteiger partial charge in [-0.25, -0.2) is 9.59 Å². The Morgan fingerprint density at radius 2 is 1.22 bits per heavy atom. The highest BCUT2D eigenvalue weighted by atomic mass is 19.4. The Kier molecular flexibility index (Phi) is 8.33. The van der Waals surface area contributed by atoms with Gasteiger partial charge in [-0.15, -0.1) is 0 Å². The summed E-state index contributed by atoms with van der Waals surface area (Å²) in [5.74, 6) is -40.3. The van der Waals surface area contributed by atoms with Crippen LogP contribution in [0.1, 0.15) is 20.3 Å². The molecule has 0 fully saturated rings. The minimum absolute atomic E-state index is 0.318. The summed E-state index contributed by atoms with van der Waals surface area (Å²) < 4.78 is 177. The van der Waals surface area contributed by atoms with E-state index in [-0.39, 0.29) is 6.08 Å². The monoisotopic (exact) mass is 504 g/mol. The number of hydrogen-bond acceptors (Lipinski definition) is 3. The van der Waals surface area contributed by atoms with E-state index in [0.29, 0.717) is 13.8 Å². The number of carboxylic acids is 1. The Hall–Kier alpha value is -2.23. The molecule has 0 rings (SSSR count). The van der Waals surface area contributed by atoms with E-state index in [4.69, 9.17) is 5.11 Å². The highest BCUT2D eigenvalue weighted by Gasteiger charge is 2.88. The van der Waals surface area contributed by atoms with Crippen LogP contribution >= 0.6 is 0 Å². The van der Waals surface area contributed by atoms with Gasteiger partial charge in [-0.3, -0.25) is 0 Å². The molecule has 0 saturated heterocycles. The Balaban J connectivity index is 6.34. The summed E-state index contributed by atoms with van der Waals surface area (Å²) in [4.78, 5) is 20.9. The molecule has 17 heteroatoms. The average molecular weight is 504 g/mol. The van der Waals surface area contributed by atoms with Crippen molar-refractivity contribution in [1.29, 1.82) is 0 Å². The Labute approximate surface area is 170 Å². The zero-order valence-electron chi connectivity index (χ0n) is 15.6. The SMILES string of the molecule is CC(C)C(CC(F)(F)F)C(F)(F)C(F)(F)C(F)(F)C(F)(F)C(F)(F)OC(=O)C=CC(=O)O.